The van der Waals surface area contributed by atoms with Gasteiger partial charge in [-0.3, -0.25) is 0 Å². The number of nitrogens with zero attached hydrogens (tertiary/aromatic N) is 4. The van der Waals surface area contributed by atoms with Gasteiger partial charge in [-0.1, -0.05) is 38.2 Å². The molecule has 1 aromatic heterocycles. The molecule has 0 spiro atoms. The van der Waals surface area contributed by atoms with Gasteiger partial charge in [0.1, 0.15) is 16.6 Å². The van der Waals surface area contributed by atoms with Crippen molar-refractivity contribution >= 4 is 26.5 Å². The largest absolute Gasteiger partial charge is 0.344 e. The molecule has 0 aliphatic carbocycles. The molecule has 0 saturated carbocycles. The molecule has 0 N–H and O–H groups in total. The minimum atomic E-state index is -4.22. The Hall–Kier alpha value is -1.65. The third kappa shape index (κ3) is 3.58. The predicted molar refractivity (Wildman–Crippen MR) is 95.9 cm³/mol. The second-order valence-corrected chi connectivity index (χ2v) is 9.91. The van der Waals surface area contributed by atoms with Crippen molar-refractivity contribution in [2.75, 3.05) is 31.1 Å². The summed E-state index contributed by atoms with van der Waals surface area (Å²) in [5.41, 5.74) is -0.108. The zero-order chi connectivity index (χ0) is 19.1. The zero-order valence-corrected chi connectivity index (χ0v) is 16.4. The second-order valence-electron chi connectivity index (χ2n) is 7.08. The fourth-order valence-corrected chi connectivity index (χ4v) is 5.11. The second kappa shape index (κ2) is 6.82. The summed E-state index contributed by atoms with van der Waals surface area (Å²) in [5.74, 6) is -2.15. The smallest absolute Gasteiger partial charge is 0.249 e. The fraction of sp³-hybridized carbons (Fsp3) is 0.500. The number of piperazine rings is 1. The molecule has 0 unspecified atom stereocenters. The number of anilines is 1. The molecule has 0 radical (unpaired) electrons. The zero-order valence-electron chi connectivity index (χ0n) is 14.7. The summed E-state index contributed by atoms with van der Waals surface area (Å²) in [7, 11) is -4.22. The van der Waals surface area contributed by atoms with Gasteiger partial charge >= 0.3 is 0 Å². The van der Waals surface area contributed by atoms with E-state index in [-0.39, 0.29) is 18.5 Å². The van der Waals surface area contributed by atoms with Crippen LogP contribution in [0.5, 0.6) is 0 Å². The number of rotatable bonds is 3. The van der Waals surface area contributed by atoms with Crippen molar-refractivity contribution in [3.63, 3.8) is 0 Å². The molecule has 0 amide bonds. The molecule has 6 nitrogen and oxygen atoms in total. The van der Waals surface area contributed by atoms with Gasteiger partial charge in [0.25, 0.3) is 0 Å². The maximum atomic E-state index is 13.9. The van der Waals surface area contributed by atoms with Crippen LogP contribution < -0.4 is 4.90 Å². The van der Waals surface area contributed by atoms with E-state index in [1.807, 2.05) is 25.7 Å². The summed E-state index contributed by atoms with van der Waals surface area (Å²) in [6, 6.07) is 3.03. The lowest BCUT2D eigenvalue weighted by Crippen LogP contribution is -2.49. The Morgan fingerprint density at radius 2 is 1.62 bits per heavy atom. The Labute approximate surface area is 155 Å². The summed E-state index contributed by atoms with van der Waals surface area (Å²) in [4.78, 5) is 1.05. The van der Waals surface area contributed by atoms with E-state index in [9.17, 15) is 17.2 Å². The molecule has 1 saturated heterocycles. The van der Waals surface area contributed by atoms with Gasteiger partial charge in [-0.15, -0.1) is 10.2 Å². The number of hydrogen-bond donors (Lipinski definition) is 0. The molecule has 0 atom stereocenters. The number of sulfonamides is 1. The van der Waals surface area contributed by atoms with Crippen molar-refractivity contribution < 1.29 is 17.2 Å². The first-order valence-electron chi connectivity index (χ1n) is 8.14. The van der Waals surface area contributed by atoms with Crippen molar-refractivity contribution in [2.45, 2.75) is 31.1 Å². The van der Waals surface area contributed by atoms with Crippen LogP contribution in [0.2, 0.25) is 0 Å². The number of hydrogen-bond acceptors (Lipinski definition) is 6. The molecule has 10 heteroatoms. The maximum absolute atomic E-state index is 13.9. The molecule has 3 rings (SSSR count). The Morgan fingerprint density at radius 3 is 2.12 bits per heavy atom. The van der Waals surface area contributed by atoms with Crippen LogP contribution >= 0.6 is 11.3 Å². The highest BCUT2D eigenvalue weighted by Crippen LogP contribution is 2.31. The highest BCUT2D eigenvalue weighted by molar-refractivity contribution is 7.89. The van der Waals surface area contributed by atoms with Gasteiger partial charge in [-0.2, -0.15) is 4.31 Å². The van der Waals surface area contributed by atoms with E-state index < -0.39 is 26.6 Å². The van der Waals surface area contributed by atoms with Crippen molar-refractivity contribution in [3.8, 4) is 0 Å². The summed E-state index contributed by atoms with van der Waals surface area (Å²) in [6.07, 6.45) is 0. The van der Waals surface area contributed by atoms with E-state index in [1.165, 1.54) is 11.3 Å². The number of halogens is 2. The molecule has 1 aromatic carbocycles. The third-order valence-electron chi connectivity index (χ3n) is 4.08. The first-order chi connectivity index (χ1) is 12.1. The Bertz CT molecular complexity index is 881. The van der Waals surface area contributed by atoms with Crippen LogP contribution in [0.25, 0.3) is 0 Å². The van der Waals surface area contributed by atoms with Crippen molar-refractivity contribution in [1.82, 2.24) is 14.5 Å². The van der Waals surface area contributed by atoms with Gasteiger partial charge in [-0.25, -0.2) is 17.2 Å². The van der Waals surface area contributed by atoms with E-state index >= 15 is 0 Å². The summed E-state index contributed by atoms with van der Waals surface area (Å²) >= 11 is 1.47. The van der Waals surface area contributed by atoms with Gasteiger partial charge in [0.2, 0.25) is 15.2 Å². The molecule has 1 aliphatic rings. The molecule has 2 aromatic rings. The molecule has 2 heterocycles. The summed E-state index contributed by atoms with van der Waals surface area (Å²) in [6.45, 7) is 7.16. The SMILES string of the molecule is CC(C)(C)c1nnc(N2CCN(S(=O)(=O)c3c(F)cccc3F)CC2)s1. The highest BCUT2D eigenvalue weighted by atomic mass is 32.2. The Balaban J connectivity index is 1.75. The van der Waals surface area contributed by atoms with Gasteiger partial charge in [0, 0.05) is 31.6 Å². The van der Waals surface area contributed by atoms with Gasteiger partial charge in [0.05, 0.1) is 0 Å². The lowest BCUT2D eigenvalue weighted by Gasteiger charge is -2.33. The number of aromatic nitrogens is 2. The lowest BCUT2D eigenvalue weighted by molar-refractivity contribution is 0.378. The lowest BCUT2D eigenvalue weighted by atomic mass is 9.98. The van der Waals surface area contributed by atoms with Gasteiger partial charge in [0.15, 0.2) is 4.90 Å². The van der Waals surface area contributed by atoms with Crippen LogP contribution in [0.4, 0.5) is 13.9 Å². The van der Waals surface area contributed by atoms with Crippen LogP contribution in [-0.2, 0) is 15.4 Å². The van der Waals surface area contributed by atoms with E-state index in [2.05, 4.69) is 10.2 Å². The van der Waals surface area contributed by atoms with Crippen LogP contribution in [0.15, 0.2) is 23.1 Å². The maximum Gasteiger partial charge on any atom is 0.249 e. The normalized spacial score (nSPS) is 16.9. The first-order valence-corrected chi connectivity index (χ1v) is 10.4. The van der Waals surface area contributed by atoms with Crippen LogP contribution in [0.1, 0.15) is 25.8 Å². The van der Waals surface area contributed by atoms with E-state index in [1.54, 1.807) is 0 Å². The fourth-order valence-electron chi connectivity index (χ4n) is 2.62. The van der Waals surface area contributed by atoms with Gasteiger partial charge in [-0.05, 0) is 12.1 Å². The topological polar surface area (TPSA) is 66.4 Å². The summed E-state index contributed by atoms with van der Waals surface area (Å²) in [5, 5.41) is 10.0. The molecule has 0 bridgehead atoms. The van der Waals surface area contributed by atoms with Crippen LogP contribution in [0, 0.1) is 11.6 Å². The Morgan fingerprint density at radius 1 is 1.04 bits per heavy atom. The average Bonchev–Trinajstić information content (AvgIpc) is 3.05. The van der Waals surface area contributed by atoms with E-state index in [0.717, 1.165) is 32.6 Å². The summed E-state index contributed by atoms with van der Waals surface area (Å²) < 4.78 is 54.1. The van der Waals surface area contributed by atoms with Crippen molar-refractivity contribution in [3.05, 3.63) is 34.8 Å². The minimum absolute atomic E-state index is 0.108. The van der Waals surface area contributed by atoms with E-state index in [4.69, 9.17) is 0 Å². The molecule has 1 aliphatic heterocycles. The highest BCUT2D eigenvalue weighted by Gasteiger charge is 2.34. The van der Waals surface area contributed by atoms with Crippen LogP contribution in [0.3, 0.4) is 0 Å². The molecule has 26 heavy (non-hydrogen) atoms. The van der Waals surface area contributed by atoms with Crippen molar-refractivity contribution in [1.29, 1.82) is 0 Å². The predicted octanol–water partition coefficient (Wildman–Crippen LogP) is 2.62. The molecular weight excluding hydrogens is 382 g/mol. The minimum Gasteiger partial charge on any atom is -0.344 e. The first kappa shape index (κ1) is 19.1. The van der Waals surface area contributed by atoms with Crippen molar-refractivity contribution in [2.24, 2.45) is 0 Å². The van der Waals surface area contributed by atoms with Crippen LogP contribution in [-0.4, -0.2) is 49.1 Å². The molecule has 142 valence electrons. The third-order valence-corrected chi connectivity index (χ3v) is 7.44. The monoisotopic (exact) mass is 402 g/mol. The quantitative estimate of drug-likeness (QED) is 0.790. The van der Waals surface area contributed by atoms with Gasteiger partial charge < -0.3 is 4.90 Å². The Kier molecular flexibility index (Phi) is 5.02. The molecule has 1 fully saturated rings. The molecular formula is C16H20F2N4O2S2. The van der Waals surface area contributed by atoms with E-state index in [0.29, 0.717) is 13.1 Å². The number of benzene rings is 1. The standard InChI is InChI=1S/C16H20F2N4O2S2/c1-16(2,3)14-19-20-15(25-14)21-7-9-22(10-8-21)26(23,24)13-11(17)5-4-6-12(13)18/h4-6H,7-10H2,1-3H3. The average molecular weight is 402 g/mol.